The van der Waals surface area contributed by atoms with Gasteiger partial charge < -0.3 is 10.6 Å². The molecule has 2 amide bonds. The van der Waals surface area contributed by atoms with Crippen molar-refractivity contribution in [1.29, 1.82) is 0 Å². The van der Waals surface area contributed by atoms with Gasteiger partial charge in [-0.2, -0.15) is 12.6 Å². The normalized spacial score (nSPS) is 11.9. The first-order valence-electron chi connectivity index (χ1n) is 4.29. The molecule has 0 saturated carbocycles. The minimum atomic E-state index is -0.480. The first kappa shape index (κ1) is 12.3. The Balaban J connectivity index is 3.75. The molecule has 0 aliphatic rings. The number of carbonyl (C=O) groups excluding carboxylic acids is 2. The number of thiol groups is 1. The van der Waals surface area contributed by atoms with E-state index in [1.807, 2.05) is 6.92 Å². The smallest absolute Gasteiger partial charge is 0.242 e. The van der Waals surface area contributed by atoms with Crippen LogP contribution in [-0.2, 0) is 9.59 Å². The Morgan fingerprint density at radius 3 is 2.54 bits per heavy atom. The molecule has 2 N–H and O–H groups in total. The number of hydrogen-bond acceptors (Lipinski definition) is 3. The second-order valence-electron chi connectivity index (χ2n) is 2.74. The van der Waals surface area contributed by atoms with Crippen molar-refractivity contribution in [1.82, 2.24) is 10.6 Å². The molecule has 0 rings (SSSR count). The van der Waals surface area contributed by atoms with E-state index in [9.17, 15) is 9.59 Å². The number of nitrogens with one attached hydrogen (secondary N) is 2. The Morgan fingerprint density at radius 2 is 2.08 bits per heavy atom. The predicted molar refractivity (Wildman–Crippen MR) is 54.8 cm³/mol. The van der Waals surface area contributed by atoms with Crippen LogP contribution in [0.15, 0.2) is 0 Å². The Hall–Kier alpha value is -0.710. The molecule has 13 heavy (non-hydrogen) atoms. The van der Waals surface area contributed by atoms with Crippen molar-refractivity contribution in [3.63, 3.8) is 0 Å². The van der Waals surface area contributed by atoms with Crippen LogP contribution < -0.4 is 10.6 Å². The summed E-state index contributed by atoms with van der Waals surface area (Å²) in [6, 6.07) is -0.480. The average molecular weight is 204 g/mol. The van der Waals surface area contributed by atoms with Gasteiger partial charge in [0.15, 0.2) is 0 Å². The van der Waals surface area contributed by atoms with E-state index in [0.29, 0.717) is 6.54 Å². The summed E-state index contributed by atoms with van der Waals surface area (Å²) in [5, 5.41) is 5.19. The summed E-state index contributed by atoms with van der Waals surface area (Å²) >= 11 is 3.79. The molecule has 0 aromatic rings. The third kappa shape index (κ3) is 5.52. The number of hydrogen-bond donors (Lipinski definition) is 3. The molecule has 0 aromatic carbocycles. The highest BCUT2D eigenvalue weighted by Crippen LogP contribution is 1.84. The molecular weight excluding hydrogens is 188 g/mol. The standard InChI is InChI=1S/C8H16N2O2S/c1-3-4-9-8(12)6(2)10-7(11)5-13/h6,13H,3-5H2,1-2H3,(H,9,12)(H,10,11). The van der Waals surface area contributed by atoms with Gasteiger partial charge in [0.2, 0.25) is 11.8 Å². The molecule has 76 valence electrons. The quantitative estimate of drug-likeness (QED) is 0.550. The summed E-state index contributed by atoms with van der Waals surface area (Å²) in [7, 11) is 0. The largest absolute Gasteiger partial charge is 0.354 e. The summed E-state index contributed by atoms with van der Waals surface area (Å²) in [4.78, 5) is 22.0. The van der Waals surface area contributed by atoms with E-state index in [2.05, 4.69) is 23.3 Å². The molecule has 0 fully saturated rings. The zero-order chi connectivity index (χ0) is 10.3. The van der Waals surface area contributed by atoms with E-state index < -0.39 is 6.04 Å². The predicted octanol–water partition coefficient (Wildman–Crippen LogP) is -0.0529. The van der Waals surface area contributed by atoms with E-state index >= 15 is 0 Å². The second-order valence-corrected chi connectivity index (χ2v) is 3.05. The van der Waals surface area contributed by atoms with Crippen LogP contribution in [0.4, 0.5) is 0 Å². The van der Waals surface area contributed by atoms with Crippen molar-refractivity contribution in [3.05, 3.63) is 0 Å². The maximum atomic E-state index is 11.2. The molecule has 0 bridgehead atoms. The van der Waals surface area contributed by atoms with Crippen molar-refractivity contribution >= 4 is 24.4 Å². The molecule has 0 aliphatic carbocycles. The van der Waals surface area contributed by atoms with Gasteiger partial charge >= 0.3 is 0 Å². The molecule has 5 heteroatoms. The molecule has 0 radical (unpaired) electrons. The van der Waals surface area contributed by atoms with Crippen LogP contribution >= 0.6 is 12.6 Å². The van der Waals surface area contributed by atoms with Gasteiger partial charge in [-0.05, 0) is 13.3 Å². The monoisotopic (exact) mass is 204 g/mol. The highest BCUT2D eigenvalue weighted by molar-refractivity contribution is 7.81. The number of amides is 2. The van der Waals surface area contributed by atoms with E-state index in [-0.39, 0.29) is 17.6 Å². The minimum Gasteiger partial charge on any atom is -0.354 e. The molecule has 1 atom stereocenters. The van der Waals surface area contributed by atoms with E-state index in [1.54, 1.807) is 6.92 Å². The highest BCUT2D eigenvalue weighted by Gasteiger charge is 2.13. The molecule has 0 saturated heterocycles. The van der Waals surface area contributed by atoms with Crippen molar-refractivity contribution in [3.8, 4) is 0 Å². The first-order valence-corrected chi connectivity index (χ1v) is 4.93. The fraction of sp³-hybridized carbons (Fsp3) is 0.750. The van der Waals surface area contributed by atoms with Gasteiger partial charge in [0.25, 0.3) is 0 Å². The second kappa shape index (κ2) is 6.77. The van der Waals surface area contributed by atoms with Crippen LogP contribution in [0.3, 0.4) is 0 Å². The van der Waals surface area contributed by atoms with Crippen LogP contribution in [0.25, 0.3) is 0 Å². The molecule has 0 heterocycles. The summed E-state index contributed by atoms with van der Waals surface area (Å²) < 4.78 is 0. The maximum Gasteiger partial charge on any atom is 0.242 e. The third-order valence-electron chi connectivity index (χ3n) is 1.46. The lowest BCUT2D eigenvalue weighted by Gasteiger charge is -2.12. The first-order chi connectivity index (χ1) is 6.11. The fourth-order valence-corrected chi connectivity index (χ4v) is 0.845. The highest BCUT2D eigenvalue weighted by atomic mass is 32.1. The lowest BCUT2D eigenvalue weighted by atomic mass is 10.3. The fourth-order valence-electron chi connectivity index (χ4n) is 0.754. The van der Waals surface area contributed by atoms with Crippen LogP contribution in [0, 0.1) is 0 Å². The van der Waals surface area contributed by atoms with Crippen molar-refractivity contribution < 1.29 is 9.59 Å². The minimum absolute atomic E-state index is 0.103. The molecule has 4 nitrogen and oxygen atoms in total. The lowest BCUT2D eigenvalue weighted by molar-refractivity contribution is -0.127. The molecule has 0 aromatic heterocycles. The number of carbonyl (C=O) groups is 2. The van der Waals surface area contributed by atoms with E-state index in [1.165, 1.54) is 0 Å². The van der Waals surface area contributed by atoms with Gasteiger partial charge in [-0.1, -0.05) is 6.92 Å². The van der Waals surface area contributed by atoms with Gasteiger partial charge in [0.05, 0.1) is 5.75 Å². The van der Waals surface area contributed by atoms with Gasteiger partial charge in [-0.25, -0.2) is 0 Å². The van der Waals surface area contributed by atoms with Crippen LogP contribution in [0.5, 0.6) is 0 Å². The summed E-state index contributed by atoms with van der Waals surface area (Å²) in [5.74, 6) is -0.287. The third-order valence-corrected chi connectivity index (χ3v) is 1.75. The Kier molecular flexibility index (Phi) is 6.40. The number of rotatable bonds is 5. The zero-order valence-electron chi connectivity index (χ0n) is 7.96. The van der Waals surface area contributed by atoms with E-state index in [0.717, 1.165) is 6.42 Å². The molecule has 0 spiro atoms. The van der Waals surface area contributed by atoms with Crippen molar-refractivity contribution in [2.24, 2.45) is 0 Å². The topological polar surface area (TPSA) is 58.2 Å². The van der Waals surface area contributed by atoms with Crippen molar-refractivity contribution in [2.45, 2.75) is 26.3 Å². The molecule has 0 aliphatic heterocycles. The Morgan fingerprint density at radius 1 is 1.46 bits per heavy atom. The van der Waals surface area contributed by atoms with Gasteiger partial charge in [-0.3, -0.25) is 9.59 Å². The maximum absolute atomic E-state index is 11.2. The van der Waals surface area contributed by atoms with Gasteiger partial charge in [0.1, 0.15) is 6.04 Å². The molecule has 1 unspecified atom stereocenters. The Bertz CT molecular complexity index is 185. The van der Waals surface area contributed by atoms with Gasteiger partial charge in [0, 0.05) is 6.54 Å². The SMILES string of the molecule is CCCNC(=O)C(C)NC(=O)CS. The van der Waals surface area contributed by atoms with Gasteiger partial charge in [-0.15, -0.1) is 0 Å². The summed E-state index contributed by atoms with van der Waals surface area (Å²) in [5.41, 5.74) is 0. The van der Waals surface area contributed by atoms with Crippen LogP contribution in [-0.4, -0.2) is 30.2 Å². The van der Waals surface area contributed by atoms with E-state index in [4.69, 9.17) is 0 Å². The summed E-state index contributed by atoms with van der Waals surface area (Å²) in [6.07, 6.45) is 0.888. The zero-order valence-corrected chi connectivity index (χ0v) is 8.86. The summed E-state index contributed by atoms with van der Waals surface area (Å²) in [6.45, 7) is 4.25. The van der Waals surface area contributed by atoms with Crippen LogP contribution in [0.1, 0.15) is 20.3 Å². The molecular formula is C8H16N2O2S. The van der Waals surface area contributed by atoms with Crippen molar-refractivity contribution in [2.75, 3.05) is 12.3 Å². The average Bonchev–Trinajstić information content (AvgIpc) is 2.13. The lowest BCUT2D eigenvalue weighted by Crippen LogP contribution is -2.45. The van der Waals surface area contributed by atoms with Crippen LogP contribution in [0.2, 0.25) is 0 Å². The Labute approximate surface area is 83.9 Å².